The van der Waals surface area contributed by atoms with Gasteiger partial charge in [0.25, 0.3) is 0 Å². The van der Waals surface area contributed by atoms with Crippen molar-refractivity contribution in [3.63, 3.8) is 0 Å². The third kappa shape index (κ3) is 4.52. The van der Waals surface area contributed by atoms with Gasteiger partial charge in [0, 0.05) is 42.0 Å². The van der Waals surface area contributed by atoms with Crippen LogP contribution in [-0.2, 0) is 4.79 Å². The molecule has 1 N–H and O–H groups in total. The lowest BCUT2D eigenvalue weighted by Gasteiger charge is -2.19. The van der Waals surface area contributed by atoms with E-state index in [1.807, 2.05) is 19.1 Å². The van der Waals surface area contributed by atoms with E-state index in [0.29, 0.717) is 46.1 Å². The smallest absolute Gasteiger partial charge is 0.246 e. The number of nitrogens with zero attached hydrogens (tertiary/aromatic N) is 7. The van der Waals surface area contributed by atoms with Crippen molar-refractivity contribution in [1.29, 1.82) is 0 Å². The number of hydrogen-bond donors (Lipinski definition) is 1. The topological polar surface area (TPSA) is 110 Å². The molecule has 1 unspecified atom stereocenters. The van der Waals surface area contributed by atoms with Gasteiger partial charge >= 0.3 is 0 Å². The molecule has 196 valence electrons. The maximum absolute atomic E-state index is 15.5. The Bertz CT molecular complexity index is 1740. The largest absolute Gasteiger partial charge is 0.457 e. The summed E-state index contributed by atoms with van der Waals surface area (Å²) < 4.78 is 23.0. The zero-order valence-electron chi connectivity index (χ0n) is 21.4. The molecule has 0 bridgehead atoms. The number of aromatic nitrogens is 6. The van der Waals surface area contributed by atoms with Crippen molar-refractivity contribution >= 4 is 34.1 Å². The van der Waals surface area contributed by atoms with Crippen LogP contribution in [0.4, 0.5) is 15.9 Å². The minimum absolute atomic E-state index is 0.0637. The molecule has 1 aliphatic heterocycles. The van der Waals surface area contributed by atoms with Crippen molar-refractivity contribution in [2.75, 3.05) is 11.9 Å². The molecule has 10 nitrogen and oxygen atoms in total. The first-order chi connectivity index (χ1) is 18.9. The number of likely N-dealkylation sites (tertiary alicyclic amines) is 1. The lowest BCUT2D eigenvalue weighted by molar-refractivity contribution is -0.126. The van der Waals surface area contributed by atoms with Gasteiger partial charge in [-0.05, 0) is 56.7 Å². The zero-order valence-corrected chi connectivity index (χ0v) is 21.4. The van der Waals surface area contributed by atoms with Crippen molar-refractivity contribution in [2.24, 2.45) is 0 Å². The van der Waals surface area contributed by atoms with Gasteiger partial charge in [-0.15, -0.1) is 0 Å². The van der Waals surface area contributed by atoms with Crippen molar-refractivity contribution in [1.82, 2.24) is 34.4 Å². The summed E-state index contributed by atoms with van der Waals surface area (Å²) in [6, 6.07) is 10.6. The van der Waals surface area contributed by atoms with Crippen LogP contribution in [0.1, 0.15) is 30.5 Å². The van der Waals surface area contributed by atoms with Crippen LogP contribution in [0.5, 0.6) is 11.5 Å². The van der Waals surface area contributed by atoms with E-state index >= 15 is 4.39 Å². The van der Waals surface area contributed by atoms with Gasteiger partial charge in [0.1, 0.15) is 29.7 Å². The second-order valence-electron chi connectivity index (χ2n) is 9.51. The fraction of sp³-hybridized carbons (Fsp3) is 0.214. The molecule has 39 heavy (non-hydrogen) atoms. The average Bonchev–Trinajstić information content (AvgIpc) is 3.58. The number of carbonyl (C=O) groups excluding carboxylic acids is 1. The summed E-state index contributed by atoms with van der Waals surface area (Å²) in [5, 5.41) is 7.15. The Labute approximate surface area is 223 Å². The number of nitrogens with one attached hydrogen (secondary N) is 1. The fourth-order valence-electron chi connectivity index (χ4n) is 4.93. The summed E-state index contributed by atoms with van der Waals surface area (Å²) in [7, 11) is 0. The molecule has 0 radical (unpaired) electrons. The lowest BCUT2D eigenvalue weighted by Crippen LogP contribution is -2.32. The van der Waals surface area contributed by atoms with Crippen molar-refractivity contribution in [3.05, 3.63) is 85.0 Å². The number of pyridine rings is 2. The fourth-order valence-corrected chi connectivity index (χ4v) is 4.93. The molecule has 1 aromatic carbocycles. The van der Waals surface area contributed by atoms with Gasteiger partial charge < -0.3 is 15.0 Å². The summed E-state index contributed by atoms with van der Waals surface area (Å²) in [6.45, 7) is 7.83. The number of halogens is 1. The van der Waals surface area contributed by atoms with E-state index in [2.05, 4.69) is 31.9 Å². The minimum Gasteiger partial charge on any atom is -0.457 e. The molecule has 5 aromatic rings. The average molecular weight is 525 g/mol. The van der Waals surface area contributed by atoms with E-state index in [4.69, 9.17) is 9.72 Å². The van der Waals surface area contributed by atoms with Gasteiger partial charge in [0.05, 0.1) is 11.2 Å². The van der Waals surface area contributed by atoms with Crippen LogP contribution < -0.4 is 10.1 Å². The van der Waals surface area contributed by atoms with E-state index in [1.54, 1.807) is 46.8 Å². The summed E-state index contributed by atoms with van der Waals surface area (Å²) in [6.07, 6.45) is 6.71. The van der Waals surface area contributed by atoms with Crippen molar-refractivity contribution in [2.45, 2.75) is 32.2 Å². The Hall–Kier alpha value is -4.93. The molecule has 0 spiro atoms. The Morgan fingerprint density at radius 3 is 2.90 bits per heavy atom. The highest BCUT2D eigenvalue weighted by atomic mass is 19.1. The Kier molecular flexibility index (Phi) is 6.10. The van der Waals surface area contributed by atoms with Crippen LogP contribution in [0.3, 0.4) is 0 Å². The molecule has 1 amide bonds. The van der Waals surface area contributed by atoms with Gasteiger partial charge in [-0.2, -0.15) is 5.10 Å². The predicted molar refractivity (Wildman–Crippen MR) is 144 cm³/mol. The Morgan fingerprint density at radius 2 is 2.05 bits per heavy atom. The van der Waals surface area contributed by atoms with Crippen LogP contribution in [0, 0.1) is 12.7 Å². The van der Waals surface area contributed by atoms with Gasteiger partial charge in [-0.3, -0.25) is 4.79 Å². The standard InChI is InChI=1S/C28H25FN8O2/c1-4-25(38)36-13-18(11-16(36)2)20-5-6-22-27(34-20)28(32-14-30-22)35-21-7-8-23(17(3)26(21)29)39-19-9-10-37-24(12-19)31-15-33-37/h4-10,12,14-16,18H,1,11,13H2,2-3H3,(H,30,32,35)/t16-,18?/m0/s1. The van der Waals surface area contributed by atoms with Gasteiger partial charge in [-0.1, -0.05) is 6.58 Å². The number of benzene rings is 1. The van der Waals surface area contributed by atoms with Gasteiger partial charge in [0.15, 0.2) is 17.3 Å². The number of rotatable bonds is 6. The van der Waals surface area contributed by atoms with E-state index in [1.165, 1.54) is 18.7 Å². The van der Waals surface area contributed by atoms with Crippen LogP contribution in [-0.4, -0.2) is 52.9 Å². The first-order valence-corrected chi connectivity index (χ1v) is 12.5. The second kappa shape index (κ2) is 9.75. The van der Waals surface area contributed by atoms with E-state index in [9.17, 15) is 4.79 Å². The summed E-state index contributed by atoms with van der Waals surface area (Å²) in [4.78, 5) is 31.7. The predicted octanol–water partition coefficient (Wildman–Crippen LogP) is 4.94. The van der Waals surface area contributed by atoms with Crippen LogP contribution >= 0.6 is 0 Å². The monoisotopic (exact) mass is 524 g/mol. The normalized spacial score (nSPS) is 17.1. The number of carbonyl (C=O) groups is 1. The highest BCUT2D eigenvalue weighted by Crippen LogP contribution is 2.35. The Morgan fingerprint density at radius 1 is 1.18 bits per heavy atom. The molecule has 5 heterocycles. The molecule has 1 fully saturated rings. The van der Waals surface area contributed by atoms with Gasteiger partial charge in [-0.25, -0.2) is 28.8 Å². The highest BCUT2D eigenvalue weighted by Gasteiger charge is 2.33. The molecular weight excluding hydrogens is 499 g/mol. The zero-order chi connectivity index (χ0) is 27.1. The summed E-state index contributed by atoms with van der Waals surface area (Å²) >= 11 is 0. The van der Waals surface area contributed by atoms with Crippen molar-refractivity contribution in [3.8, 4) is 11.5 Å². The minimum atomic E-state index is -0.470. The van der Waals surface area contributed by atoms with E-state index < -0.39 is 5.82 Å². The molecule has 1 saturated heterocycles. The second-order valence-corrected chi connectivity index (χ2v) is 9.51. The number of amides is 1. The van der Waals surface area contributed by atoms with Crippen molar-refractivity contribution < 1.29 is 13.9 Å². The highest BCUT2D eigenvalue weighted by molar-refractivity contribution is 5.88. The molecule has 6 rings (SSSR count). The van der Waals surface area contributed by atoms with E-state index in [-0.39, 0.29) is 23.6 Å². The van der Waals surface area contributed by atoms with Crippen LogP contribution in [0.15, 0.2) is 67.9 Å². The summed E-state index contributed by atoms with van der Waals surface area (Å²) in [5.41, 5.74) is 3.17. The molecule has 11 heteroatoms. The summed E-state index contributed by atoms with van der Waals surface area (Å²) in [5.74, 6) is 0.788. The number of fused-ring (bicyclic) bond motifs is 2. The third-order valence-electron chi connectivity index (χ3n) is 7.02. The molecule has 4 aromatic heterocycles. The van der Waals surface area contributed by atoms with Gasteiger partial charge in [0.2, 0.25) is 5.91 Å². The number of anilines is 2. The first kappa shape index (κ1) is 24.4. The molecule has 0 saturated carbocycles. The lowest BCUT2D eigenvalue weighted by atomic mass is 10.0. The van der Waals surface area contributed by atoms with E-state index in [0.717, 1.165) is 12.1 Å². The SMILES string of the molecule is C=CC(=O)N1CC(c2ccc3ncnc(Nc4ccc(Oc5ccn6ncnc6c5)c(C)c4F)c3n2)C[C@@H]1C. The maximum atomic E-state index is 15.5. The van der Waals surface area contributed by atoms with Crippen LogP contribution in [0.25, 0.3) is 16.7 Å². The molecule has 0 aliphatic carbocycles. The first-order valence-electron chi connectivity index (χ1n) is 12.5. The van der Waals surface area contributed by atoms with Crippen LogP contribution in [0.2, 0.25) is 0 Å². The number of hydrogen-bond acceptors (Lipinski definition) is 8. The molecule has 2 atom stereocenters. The third-order valence-corrected chi connectivity index (χ3v) is 7.02. The molecule has 1 aliphatic rings. The maximum Gasteiger partial charge on any atom is 0.246 e. The Balaban J connectivity index is 1.27. The number of ether oxygens (including phenoxy) is 1. The molecular formula is C28H25FN8O2. The quantitative estimate of drug-likeness (QED) is 0.311.